The molecule has 1 N–H and O–H groups in total. The molecule has 2 aromatic rings. The van der Waals surface area contributed by atoms with E-state index < -0.39 is 17.7 Å². The van der Waals surface area contributed by atoms with E-state index in [1.165, 1.54) is 7.11 Å². The number of amides is 2. The SMILES string of the molecule is COC(=O)C[C@H]1Cc2ccccc2N1C(=O)[C@H](CCc1ccccc1)NC(=O)OC(C)(C)C. The molecule has 1 aliphatic heterocycles. The summed E-state index contributed by atoms with van der Waals surface area (Å²) in [6, 6.07) is 16.2. The van der Waals surface area contributed by atoms with Gasteiger partial charge in [-0.15, -0.1) is 0 Å². The Kier molecular flexibility index (Phi) is 7.74. The third-order valence-electron chi connectivity index (χ3n) is 5.49. The van der Waals surface area contributed by atoms with E-state index in [0.29, 0.717) is 19.3 Å². The summed E-state index contributed by atoms with van der Waals surface area (Å²) in [5, 5.41) is 2.77. The van der Waals surface area contributed by atoms with Crippen LogP contribution in [0.3, 0.4) is 0 Å². The van der Waals surface area contributed by atoms with Gasteiger partial charge in [0.25, 0.3) is 0 Å². The lowest BCUT2D eigenvalue weighted by Gasteiger charge is -2.30. The molecule has 7 nitrogen and oxygen atoms in total. The van der Waals surface area contributed by atoms with Crippen molar-refractivity contribution in [3.8, 4) is 0 Å². The van der Waals surface area contributed by atoms with E-state index in [2.05, 4.69) is 5.32 Å². The van der Waals surface area contributed by atoms with Crippen LogP contribution in [0.15, 0.2) is 54.6 Å². The molecule has 0 aliphatic carbocycles. The average Bonchev–Trinajstić information content (AvgIpc) is 3.13. The number of methoxy groups -OCH3 is 1. The van der Waals surface area contributed by atoms with Gasteiger partial charge < -0.3 is 19.7 Å². The number of hydrogen-bond acceptors (Lipinski definition) is 5. The highest BCUT2D eigenvalue weighted by Gasteiger charge is 2.39. The van der Waals surface area contributed by atoms with Crippen molar-refractivity contribution in [2.75, 3.05) is 12.0 Å². The van der Waals surface area contributed by atoms with E-state index in [0.717, 1.165) is 16.8 Å². The summed E-state index contributed by atoms with van der Waals surface area (Å²) in [5.74, 6) is -0.651. The quantitative estimate of drug-likeness (QED) is 0.641. The molecule has 0 spiro atoms. The van der Waals surface area contributed by atoms with E-state index in [-0.39, 0.29) is 24.3 Å². The van der Waals surface area contributed by atoms with Gasteiger partial charge in [0.05, 0.1) is 19.6 Å². The number of ether oxygens (including phenoxy) is 2. The second-order valence-corrected chi connectivity index (χ2v) is 9.20. The van der Waals surface area contributed by atoms with E-state index in [1.54, 1.807) is 25.7 Å². The summed E-state index contributed by atoms with van der Waals surface area (Å²) in [7, 11) is 1.34. The molecule has 0 saturated heterocycles. The van der Waals surface area contributed by atoms with Crippen LogP contribution in [0.4, 0.5) is 10.5 Å². The smallest absolute Gasteiger partial charge is 0.408 e. The Morgan fingerprint density at radius 1 is 1.06 bits per heavy atom. The predicted octanol–water partition coefficient (Wildman–Crippen LogP) is 4.03. The lowest BCUT2D eigenvalue weighted by atomic mass is 10.0. The van der Waals surface area contributed by atoms with Gasteiger partial charge in [-0.1, -0.05) is 48.5 Å². The van der Waals surface area contributed by atoms with E-state index in [4.69, 9.17) is 9.47 Å². The maximum atomic E-state index is 13.8. The van der Waals surface area contributed by atoms with E-state index in [9.17, 15) is 14.4 Å². The van der Waals surface area contributed by atoms with Crippen LogP contribution in [0.25, 0.3) is 0 Å². The lowest BCUT2D eigenvalue weighted by molar-refractivity contribution is -0.141. The normalized spacial score (nSPS) is 16.0. The molecule has 0 radical (unpaired) electrons. The van der Waals surface area contributed by atoms with Gasteiger partial charge in [-0.3, -0.25) is 9.59 Å². The van der Waals surface area contributed by atoms with Crippen LogP contribution in [0, 0.1) is 0 Å². The van der Waals surface area contributed by atoms with Crippen molar-refractivity contribution >= 4 is 23.7 Å². The zero-order valence-corrected chi connectivity index (χ0v) is 19.7. The molecule has 2 atom stereocenters. The second kappa shape index (κ2) is 10.5. The molecule has 1 aliphatic rings. The molecule has 176 valence electrons. The van der Waals surface area contributed by atoms with Crippen molar-refractivity contribution < 1.29 is 23.9 Å². The molecule has 33 heavy (non-hydrogen) atoms. The minimum atomic E-state index is -0.814. The van der Waals surface area contributed by atoms with Crippen LogP contribution in [0.2, 0.25) is 0 Å². The standard InChI is InChI=1S/C26H32N2O5/c1-26(2,3)33-25(31)27-21(15-14-18-10-6-5-7-11-18)24(30)28-20(17-23(29)32-4)16-19-12-8-9-13-22(19)28/h5-13,20-21H,14-17H2,1-4H3,(H,27,31)/t20-,21+/m1/s1. The highest BCUT2D eigenvalue weighted by Crippen LogP contribution is 2.34. The van der Waals surface area contributed by atoms with Gasteiger partial charge in [-0.05, 0) is 57.2 Å². The summed E-state index contributed by atoms with van der Waals surface area (Å²) in [5.41, 5.74) is 2.12. The fourth-order valence-electron chi connectivity index (χ4n) is 4.03. The maximum Gasteiger partial charge on any atom is 0.408 e. The molecular weight excluding hydrogens is 420 g/mol. The van der Waals surface area contributed by atoms with Crippen molar-refractivity contribution in [3.63, 3.8) is 0 Å². The molecule has 0 aromatic heterocycles. The average molecular weight is 453 g/mol. The molecule has 0 bridgehead atoms. The monoisotopic (exact) mass is 452 g/mol. The van der Waals surface area contributed by atoms with Crippen LogP contribution in [0.1, 0.15) is 44.7 Å². The summed E-state index contributed by atoms with van der Waals surface area (Å²) in [6.07, 6.45) is 0.977. The summed E-state index contributed by atoms with van der Waals surface area (Å²) in [4.78, 5) is 40.1. The van der Waals surface area contributed by atoms with Crippen molar-refractivity contribution in [1.82, 2.24) is 5.32 Å². The number of nitrogens with zero attached hydrogens (tertiary/aromatic N) is 1. The van der Waals surface area contributed by atoms with Gasteiger partial charge in [0.15, 0.2) is 0 Å². The van der Waals surface area contributed by atoms with Crippen molar-refractivity contribution in [3.05, 3.63) is 65.7 Å². The number of hydrogen-bond donors (Lipinski definition) is 1. The first-order chi connectivity index (χ1) is 15.7. The largest absolute Gasteiger partial charge is 0.469 e. The highest BCUT2D eigenvalue weighted by molar-refractivity contribution is 6.01. The van der Waals surface area contributed by atoms with Crippen LogP contribution < -0.4 is 10.2 Å². The first-order valence-corrected chi connectivity index (χ1v) is 11.2. The number of nitrogens with one attached hydrogen (secondary N) is 1. The molecule has 2 aromatic carbocycles. The van der Waals surface area contributed by atoms with Crippen LogP contribution >= 0.6 is 0 Å². The fourth-order valence-corrected chi connectivity index (χ4v) is 4.03. The Hall–Kier alpha value is -3.35. The van der Waals surface area contributed by atoms with Crippen molar-refractivity contribution in [2.45, 2.75) is 64.1 Å². The molecule has 0 saturated carbocycles. The Bertz CT molecular complexity index is 984. The molecule has 1 heterocycles. The summed E-state index contributed by atoms with van der Waals surface area (Å²) >= 11 is 0. The summed E-state index contributed by atoms with van der Waals surface area (Å²) in [6.45, 7) is 5.32. The number of carbonyl (C=O) groups excluding carboxylic acids is 3. The van der Waals surface area contributed by atoms with Crippen molar-refractivity contribution in [2.24, 2.45) is 0 Å². The number of benzene rings is 2. The van der Waals surface area contributed by atoms with Crippen molar-refractivity contribution in [1.29, 1.82) is 0 Å². The molecule has 3 rings (SSSR count). The van der Waals surface area contributed by atoms with Crippen LogP contribution in [-0.4, -0.2) is 42.8 Å². The molecule has 0 unspecified atom stereocenters. The number of anilines is 1. The number of aryl methyl sites for hydroxylation is 1. The number of alkyl carbamates (subject to hydrolysis) is 1. The van der Waals surface area contributed by atoms with Gasteiger partial charge in [-0.25, -0.2) is 4.79 Å². The minimum Gasteiger partial charge on any atom is -0.469 e. The topological polar surface area (TPSA) is 84.9 Å². The predicted molar refractivity (Wildman–Crippen MR) is 126 cm³/mol. The fraction of sp³-hybridized carbons (Fsp3) is 0.423. The Morgan fingerprint density at radius 2 is 1.73 bits per heavy atom. The van der Waals surface area contributed by atoms with E-state index in [1.807, 2.05) is 54.6 Å². The van der Waals surface area contributed by atoms with Gasteiger partial charge >= 0.3 is 12.1 Å². The van der Waals surface area contributed by atoms with Gasteiger partial charge in [-0.2, -0.15) is 0 Å². The Labute approximate surface area is 195 Å². The molecule has 7 heteroatoms. The zero-order valence-electron chi connectivity index (χ0n) is 19.7. The van der Waals surface area contributed by atoms with Gasteiger partial charge in [0.2, 0.25) is 5.91 Å². The highest BCUT2D eigenvalue weighted by atomic mass is 16.6. The Morgan fingerprint density at radius 3 is 2.39 bits per heavy atom. The number of esters is 1. The maximum absolute atomic E-state index is 13.8. The molecule has 2 amide bonds. The first-order valence-electron chi connectivity index (χ1n) is 11.2. The van der Waals surface area contributed by atoms with Crippen LogP contribution in [-0.2, 0) is 31.9 Å². The van der Waals surface area contributed by atoms with Gasteiger partial charge in [0, 0.05) is 5.69 Å². The number of fused-ring (bicyclic) bond motifs is 1. The molecule has 0 fully saturated rings. The third kappa shape index (κ3) is 6.57. The third-order valence-corrected chi connectivity index (χ3v) is 5.49. The van der Waals surface area contributed by atoms with Crippen LogP contribution in [0.5, 0.6) is 0 Å². The zero-order chi connectivity index (χ0) is 24.0. The Balaban J connectivity index is 1.86. The number of para-hydroxylation sites is 1. The van der Waals surface area contributed by atoms with Gasteiger partial charge in [0.1, 0.15) is 11.6 Å². The molecular formula is C26H32N2O5. The first kappa shape index (κ1) is 24.3. The minimum absolute atomic E-state index is 0.0781. The number of carbonyl (C=O) groups is 3. The number of rotatable bonds is 7. The summed E-state index contributed by atoms with van der Waals surface area (Å²) < 4.78 is 10.3. The lowest BCUT2D eigenvalue weighted by Crippen LogP contribution is -2.52. The van der Waals surface area contributed by atoms with E-state index >= 15 is 0 Å². The second-order valence-electron chi connectivity index (χ2n) is 9.20.